The Morgan fingerprint density at radius 2 is 1.79 bits per heavy atom. The fourth-order valence-electron chi connectivity index (χ4n) is 4.48. The van der Waals surface area contributed by atoms with Crippen molar-refractivity contribution < 1.29 is 4.79 Å². The van der Waals surface area contributed by atoms with Crippen LogP contribution in [-0.4, -0.2) is 53.4 Å². The fourth-order valence-corrected chi connectivity index (χ4v) is 5.40. The van der Waals surface area contributed by atoms with Gasteiger partial charge in [-0.15, -0.1) is 11.3 Å². The zero-order valence-corrected chi connectivity index (χ0v) is 17.7. The van der Waals surface area contributed by atoms with Crippen molar-refractivity contribution in [1.29, 1.82) is 0 Å². The van der Waals surface area contributed by atoms with E-state index in [0.29, 0.717) is 5.69 Å². The monoisotopic (exact) mass is 397 g/mol. The number of carbonyl (C=O) groups is 1. The molecule has 2 saturated heterocycles. The van der Waals surface area contributed by atoms with E-state index in [0.717, 1.165) is 47.3 Å². The molecule has 0 aliphatic carbocycles. The zero-order chi connectivity index (χ0) is 19.3. The zero-order valence-electron chi connectivity index (χ0n) is 16.9. The van der Waals surface area contributed by atoms with Crippen molar-refractivity contribution in [2.75, 3.05) is 32.7 Å². The van der Waals surface area contributed by atoms with Gasteiger partial charge in [-0.25, -0.2) is 4.98 Å². The summed E-state index contributed by atoms with van der Waals surface area (Å²) in [6.45, 7) is 7.52. The first kappa shape index (κ1) is 19.6. The molecule has 1 aromatic heterocycles. The van der Waals surface area contributed by atoms with E-state index >= 15 is 0 Å². The van der Waals surface area contributed by atoms with Crippen molar-refractivity contribution in [3.8, 4) is 10.4 Å². The van der Waals surface area contributed by atoms with Gasteiger partial charge in [-0.05, 0) is 70.1 Å². The number of carbonyl (C=O) groups excluding carboxylic acids is 1. The van der Waals surface area contributed by atoms with Crippen LogP contribution < -0.4 is 0 Å². The lowest BCUT2D eigenvalue weighted by molar-refractivity contribution is 0.0675. The van der Waals surface area contributed by atoms with Gasteiger partial charge in [0.05, 0.1) is 9.88 Å². The predicted molar refractivity (Wildman–Crippen MR) is 116 cm³/mol. The molecule has 2 fully saturated rings. The molecule has 1 aromatic carbocycles. The van der Waals surface area contributed by atoms with Crippen molar-refractivity contribution in [2.24, 2.45) is 5.92 Å². The molecule has 5 heteroatoms. The van der Waals surface area contributed by atoms with Crippen LogP contribution in [0.2, 0.25) is 0 Å². The maximum atomic E-state index is 13.2. The second-order valence-corrected chi connectivity index (χ2v) is 9.41. The Bertz CT molecular complexity index is 774. The second-order valence-electron chi connectivity index (χ2n) is 8.20. The van der Waals surface area contributed by atoms with Crippen LogP contribution in [0.1, 0.15) is 54.0 Å². The van der Waals surface area contributed by atoms with E-state index < -0.39 is 0 Å². The van der Waals surface area contributed by atoms with Crippen LogP contribution in [0.5, 0.6) is 0 Å². The highest BCUT2D eigenvalue weighted by molar-refractivity contribution is 7.15. The summed E-state index contributed by atoms with van der Waals surface area (Å²) in [5.74, 6) is 0.870. The first-order valence-corrected chi connectivity index (χ1v) is 11.6. The number of piperidine rings is 2. The van der Waals surface area contributed by atoms with E-state index in [1.54, 1.807) is 11.3 Å². The first-order valence-electron chi connectivity index (χ1n) is 10.7. The van der Waals surface area contributed by atoms with Crippen LogP contribution in [0.3, 0.4) is 0 Å². The Kier molecular flexibility index (Phi) is 6.43. The van der Waals surface area contributed by atoms with Crippen LogP contribution in [0, 0.1) is 12.8 Å². The molecule has 2 aliphatic heterocycles. The minimum absolute atomic E-state index is 0.109. The molecule has 4 rings (SSSR count). The highest BCUT2D eigenvalue weighted by Crippen LogP contribution is 2.32. The predicted octanol–water partition coefficient (Wildman–Crippen LogP) is 4.85. The molecule has 3 heterocycles. The fraction of sp³-hybridized carbons (Fsp3) is 0.565. The van der Waals surface area contributed by atoms with Gasteiger partial charge < -0.3 is 9.80 Å². The van der Waals surface area contributed by atoms with E-state index in [4.69, 9.17) is 0 Å². The van der Waals surface area contributed by atoms with E-state index in [-0.39, 0.29) is 5.91 Å². The van der Waals surface area contributed by atoms with E-state index in [2.05, 4.69) is 22.0 Å². The number of benzene rings is 1. The summed E-state index contributed by atoms with van der Waals surface area (Å²) in [4.78, 5) is 23.4. The highest BCUT2D eigenvalue weighted by atomic mass is 32.1. The number of hydrogen-bond acceptors (Lipinski definition) is 4. The second kappa shape index (κ2) is 9.19. The van der Waals surface area contributed by atoms with Crippen LogP contribution in [0.15, 0.2) is 30.3 Å². The molecule has 0 unspecified atom stereocenters. The normalized spacial score (nSPS) is 19.1. The summed E-state index contributed by atoms with van der Waals surface area (Å²) in [7, 11) is 0. The molecule has 2 aromatic rings. The van der Waals surface area contributed by atoms with E-state index in [9.17, 15) is 4.79 Å². The van der Waals surface area contributed by atoms with Crippen LogP contribution in [0.4, 0.5) is 0 Å². The van der Waals surface area contributed by atoms with Crippen molar-refractivity contribution in [2.45, 2.75) is 45.4 Å². The van der Waals surface area contributed by atoms with Crippen LogP contribution in [-0.2, 0) is 0 Å². The molecule has 150 valence electrons. The van der Waals surface area contributed by atoms with Crippen molar-refractivity contribution in [1.82, 2.24) is 14.8 Å². The SMILES string of the molecule is Cc1nc(C(=O)N2CCC(CCN3CCCCC3)CC2)c(-c2ccccc2)s1. The number of aromatic nitrogens is 1. The van der Waals surface area contributed by atoms with Gasteiger partial charge in [0.25, 0.3) is 5.91 Å². The standard InChI is InChI=1S/C23H31N3OS/c1-18-24-21(22(28-18)20-8-4-2-5-9-20)23(27)26-16-11-19(12-17-26)10-15-25-13-6-3-7-14-25/h2,4-5,8-9,19H,3,6-7,10-17H2,1H3. The lowest BCUT2D eigenvalue weighted by atomic mass is 9.92. The minimum atomic E-state index is 0.109. The summed E-state index contributed by atoms with van der Waals surface area (Å²) < 4.78 is 0. The topological polar surface area (TPSA) is 36.4 Å². The number of hydrogen-bond donors (Lipinski definition) is 0. The third kappa shape index (κ3) is 4.64. The lowest BCUT2D eigenvalue weighted by Gasteiger charge is -2.33. The molecule has 0 N–H and O–H groups in total. The number of thiazole rings is 1. The van der Waals surface area contributed by atoms with Gasteiger partial charge in [0, 0.05) is 13.1 Å². The van der Waals surface area contributed by atoms with Gasteiger partial charge in [0.2, 0.25) is 0 Å². The summed E-state index contributed by atoms with van der Waals surface area (Å²) in [6.07, 6.45) is 7.67. The van der Waals surface area contributed by atoms with Gasteiger partial charge in [0.1, 0.15) is 5.69 Å². The Labute approximate surface area is 172 Å². The maximum Gasteiger partial charge on any atom is 0.273 e. The number of aryl methyl sites for hydroxylation is 1. The minimum Gasteiger partial charge on any atom is -0.337 e. The molecule has 1 amide bonds. The highest BCUT2D eigenvalue weighted by Gasteiger charge is 2.27. The molecule has 0 atom stereocenters. The Hall–Kier alpha value is -1.72. The van der Waals surface area contributed by atoms with Gasteiger partial charge in [-0.1, -0.05) is 36.8 Å². The molecule has 4 nitrogen and oxygen atoms in total. The van der Waals surface area contributed by atoms with Gasteiger partial charge in [-0.3, -0.25) is 4.79 Å². The molecule has 0 radical (unpaired) electrons. The third-order valence-electron chi connectivity index (χ3n) is 6.18. The molecule has 0 saturated carbocycles. The number of rotatable bonds is 5. The lowest BCUT2D eigenvalue weighted by Crippen LogP contribution is -2.40. The summed E-state index contributed by atoms with van der Waals surface area (Å²) >= 11 is 1.62. The van der Waals surface area contributed by atoms with Gasteiger partial charge in [0.15, 0.2) is 0 Å². The number of amides is 1. The molecular formula is C23H31N3OS. The number of likely N-dealkylation sites (tertiary alicyclic amines) is 2. The van der Waals surface area contributed by atoms with Crippen molar-refractivity contribution in [3.05, 3.63) is 41.0 Å². The first-order chi connectivity index (χ1) is 13.7. The Morgan fingerprint density at radius 3 is 2.50 bits per heavy atom. The van der Waals surface area contributed by atoms with E-state index in [1.165, 1.54) is 45.3 Å². The van der Waals surface area contributed by atoms with Crippen LogP contribution >= 0.6 is 11.3 Å². The average Bonchev–Trinajstić information content (AvgIpc) is 3.15. The molecular weight excluding hydrogens is 366 g/mol. The molecule has 28 heavy (non-hydrogen) atoms. The van der Waals surface area contributed by atoms with Crippen molar-refractivity contribution >= 4 is 17.2 Å². The van der Waals surface area contributed by atoms with Crippen molar-refractivity contribution in [3.63, 3.8) is 0 Å². The van der Waals surface area contributed by atoms with Crippen LogP contribution in [0.25, 0.3) is 10.4 Å². The maximum absolute atomic E-state index is 13.2. The van der Waals surface area contributed by atoms with E-state index in [1.807, 2.05) is 30.0 Å². The quantitative estimate of drug-likeness (QED) is 0.724. The summed E-state index contributed by atoms with van der Waals surface area (Å²) in [6, 6.07) is 10.2. The average molecular weight is 398 g/mol. The van der Waals surface area contributed by atoms with Gasteiger partial charge >= 0.3 is 0 Å². The smallest absolute Gasteiger partial charge is 0.273 e. The van der Waals surface area contributed by atoms with Gasteiger partial charge in [-0.2, -0.15) is 0 Å². The Balaban J connectivity index is 1.34. The molecule has 0 bridgehead atoms. The largest absolute Gasteiger partial charge is 0.337 e. The number of nitrogens with zero attached hydrogens (tertiary/aromatic N) is 3. The Morgan fingerprint density at radius 1 is 1.07 bits per heavy atom. The summed E-state index contributed by atoms with van der Waals surface area (Å²) in [5.41, 5.74) is 1.73. The molecule has 2 aliphatic rings. The molecule has 0 spiro atoms. The summed E-state index contributed by atoms with van der Waals surface area (Å²) in [5, 5.41) is 0.957. The third-order valence-corrected chi connectivity index (χ3v) is 7.20.